The van der Waals surface area contributed by atoms with Crippen LogP contribution in [0.2, 0.25) is 5.28 Å². The van der Waals surface area contributed by atoms with E-state index >= 15 is 0 Å². The third-order valence-corrected chi connectivity index (χ3v) is 7.96. The zero-order chi connectivity index (χ0) is 28.1. The van der Waals surface area contributed by atoms with Crippen LogP contribution >= 0.6 is 23.2 Å². The van der Waals surface area contributed by atoms with Crippen molar-refractivity contribution in [3.05, 3.63) is 125 Å². The summed E-state index contributed by atoms with van der Waals surface area (Å²) >= 11 is 12.8. The molecule has 2 heterocycles. The Kier molecular flexibility index (Phi) is 6.18. The molecular formula is C33H24Cl2N6. The van der Waals surface area contributed by atoms with Crippen LogP contribution in [-0.4, -0.2) is 32.2 Å². The number of fused-ring (bicyclic) bond motifs is 3. The summed E-state index contributed by atoms with van der Waals surface area (Å²) in [6.07, 6.45) is 0. The number of hydrogen-bond acceptors (Lipinski definition) is 6. The van der Waals surface area contributed by atoms with E-state index in [0.717, 1.165) is 22.3 Å². The fourth-order valence-corrected chi connectivity index (χ4v) is 5.87. The number of aliphatic imine (C=N–C) groups is 2. The molecule has 41 heavy (non-hydrogen) atoms. The van der Waals surface area contributed by atoms with Crippen LogP contribution in [0, 0.1) is 0 Å². The third-order valence-electron chi connectivity index (χ3n) is 7.59. The van der Waals surface area contributed by atoms with Crippen LogP contribution in [0.4, 0.5) is 0 Å². The van der Waals surface area contributed by atoms with Gasteiger partial charge < -0.3 is 5.32 Å². The summed E-state index contributed by atoms with van der Waals surface area (Å²) in [5.41, 5.74) is 7.55. The lowest BCUT2D eigenvalue weighted by Gasteiger charge is -2.23. The number of halogens is 2. The van der Waals surface area contributed by atoms with Gasteiger partial charge in [-0.3, -0.25) is 0 Å². The van der Waals surface area contributed by atoms with E-state index in [2.05, 4.69) is 64.5 Å². The molecule has 200 valence electrons. The van der Waals surface area contributed by atoms with Crippen molar-refractivity contribution in [2.45, 2.75) is 24.9 Å². The van der Waals surface area contributed by atoms with E-state index in [-0.39, 0.29) is 10.7 Å². The van der Waals surface area contributed by atoms with E-state index in [1.54, 1.807) is 0 Å². The zero-order valence-corrected chi connectivity index (χ0v) is 23.8. The summed E-state index contributed by atoms with van der Waals surface area (Å²) in [6, 6.07) is 32.5. The van der Waals surface area contributed by atoms with Crippen LogP contribution < -0.4 is 5.32 Å². The van der Waals surface area contributed by atoms with Crippen LogP contribution in [-0.2, 0) is 5.41 Å². The highest BCUT2D eigenvalue weighted by Gasteiger charge is 2.36. The molecule has 0 saturated carbocycles. The molecule has 2 aliphatic rings. The normalized spacial score (nSPS) is 16.7. The molecule has 7 rings (SSSR count). The second-order valence-electron chi connectivity index (χ2n) is 10.5. The molecule has 0 radical (unpaired) electrons. The molecule has 5 aromatic rings. The van der Waals surface area contributed by atoms with Crippen molar-refractivity contribution < 1.29 is 0 Å². The molecule has 1 aliphatic heterocycles. The topological polar surface area (TPSA) is 75.4 Å². The SMILES string of the molecule is CC1(C)c2cc(C3=NC(c4ccccc4)=NC(Cl)N3)ccc2-c2ccc(-c3nc(Cl)nc(-c4ccccc4)n3)cc21. The molecule has 1 aliphatic carbocycles. The number of rotatable bonds is 4. The Bertz CT molecular complexity index is 1870. The lowest BCUT2D eigenvalue weighted by atomic mass is 9.81. The van der Waals surface area contributed by atoms with Gasteiger partial charge in [0.25, 0.3) is 0 Å². The standard InChI is InChI=1S/C33H24Cl2N6/c1-33(2)25-17-21(29-36-27(38-31(34)40-29)19-9-5-3-6-10-19)13-15-23(25)24-16-14-22(18-26(24)33)30-37-28(39-32(35)41-30)20-11-7-4-8-12-20/h3-18,31H,1-2H3,(H,36,38,40). The summed E-state index contributed by atoms with van der Waals surface area (Å²) < 4.78 is 0. The maximum Gasteiger partial charge on any atom is 0.226 e. The number of hydrogen-bond donors (Lipinski definition) is 1. The zero-order valence-electron chi connectivity index (χ0n) is 22.3. The first-order valence-corrected chi connectivity index (χ1v) is 14.1. The molecule has 0 bridgehead atoms. The number of aromatic nitrogens is 3. The minimum Gasteiger partial charge on any atom is -0.335 e. The molecule has 0 spiro atoms. The highest BCUT2D eigenvalue weighted by atomic mass is 35.5. The van der Waals surface area contributed by atoms with Crippen LogP contribution in [0.25, 0.3) is 33.9 Å². The van der Waals surface area contributed by atoms with Crippen molar-refractivity contribution in [1.82, 2.24) is 20.3 Å². The molecule has 1 atom stereocenters. The smallest absolute Gasteiger partial charge is 0.226 e. The van der Waals surface area contributed by atoms with E-state index in [1.807, 2.05) is 66.7 Å². The minimum atomic E-state index is -0.605. The van der Waals surface area contributed by atoms with Crippen LogP contribution in [0.5, 0.6) is 0 Å². The van der Waals surface area contributed by atoms with Gasteiger partial charge in [-0.25, -0.2) is 15.0 Å². The monoisotopic (exact) mass is 574 g/mol. The average Bonchev–Trinajstić information content (AvgIpc) is 3.23. The quantitative estimate of drug-likeness (QED) is 0.178. The van der Waals surface area contributed by atoms with Gasteiger partial charge in [-0.15, -0.1) is 0 Å². The van der Waals surface area contributed by atoms with Gasteiger partial charge in [-0.2, -0.15) is 9.97 Å². The van der Waals surface area contributed by atoms with Gasteiger partial charge >= 0.3 is 0 Å². The molecule has 8 heteroatoms. The van der Waals surface area contributed by atoms with Gasteiger partial charge in [-0.05, 0) is 46.0 Å². The first-order chi connectivity index (χ1) is 19.9. The van der Waals surface area contributed by atoms with E-state index in [9.17, 15) is 0 Å². The molecule has 0 fully saturated rings. The van der Waals surface area contributed by atoms with Gasteiger partial charge in [0.05, 0.1) is 0 Å². The maximum absolute atomic E-state index is 6.48. The predicted octanol–water partition coefficient (Wildman–Crippen LogP) is 7.48. The van der Waals surface area contributed by atoms with Crippen molar-refractivity contribution in [1.29, 1.82) is 0 Å². The predicted molar refractivity (Wildman–Crippen MR) is 166 cm³/mol. The van der Waals surface area contributed by atoms with Gasteiger partial charge in [0.2, 0.25) is 5.28 Å². The summed E-state index contributed by atoms with van der Waals surface area (Å²) in [5.74, 6) is 2.39. The van der Waals surface area contributed by atoms with Gasteiger partial charge in [0.15, 0.2) is 23.1 Å². The Morgan fingerprint density at radius 2 is 1.22 bits per heavy atom. The van der Waals surface area contributed by atoms with Gasteiger partial charge in [0, 0.05) is 27.7 Å². The molecule has 1 aromatic heterocycles. The van der Waals surface area contributed by atoms with Crippen LogP contribution in [0.3, 0.4) is 0 Å². The summed E-state index contributed by atoms with van der Waals surface area (Å²) in [5, 5.41) is 3.38. The highest BCUT2D eigenvalue weighted by Crippen LogP contribution is 2.49. The molecule has 6 nitrogen and oxygen atoms in total. The van der Waals surface area contributed by atoms with Crippen molar-refractivity contribution in [3.8, 4) is 33.9 Å². The van der Waals surface area contributed by atoms with Gasteiger partial charge in [0.1, 0.15) is 5.84 Å². The number of nitrogens with zero attached hydrogens (tertiary/aromatic N) is 5. The first kappa shape index (κ1) is 25.6. The van der Waals surface area contributed by atoms with E-state index in [4.69, 9.17) is 33.2 Å². The Morgan fingerprint density at radius 3 is 1.88 bits per heavy atom. The minimum absolute atomic E-state index is 0.165. The lowest BCUT2D eigenvalue weighted by molar-refractivity contribution is 0.660. The Morgan fingerprint density at radius 1 is 0.659 bits per heavy atom. The first-order valence-electron chi connectivity index (χ1n) is 13.3. The molecule has 1 N–H and O–H groups in total. The summed E-state index contributed by atoms with van der Waals surface area (Å²) in [6.45, 7) is 4.47. The molecule has 0 saturated heterocycles. The Balaban J connectivity index is 1.26. The molecule has 1 unspecified atom stereocenters. The van der Waals surface area contributed by atoms with Crippen LogP contribution in [0.15, 0.2) is 107 Å². The van der Waals surface area contributed by atoms with Crippen molar-refractivity contribution in [3.63, 3.8) is 0 Å². The fourth-order valence-electron chi connectivity index (χ4n) is 5.51. The Hall–Kier alpha value is -4.39. The van der Waals surface area contributed by atoms with Gasteiger partial charge in [-0.1, -0.05) is 110 Å². The average molecular weight is 576 g/mol. The summed E-state index contributed by atoms with van der Waals surface area (Å²) in [4.78, 5) is 22.9. The molecule has 0 amide bonds. The van der Waals surface area contributed by atoms with Crippen molar-refractivity contribution in [2.24, 2.45) is 9.98 Å². The maximum atomic E-state index is 6.48. The van der Waals surface area contributed by atoms with E-state index in [1.165, 1.54) is 22.3 Å². The lowest BCUT2D eigenvalue weighted by Crippen LogP contribution is -2.35. The summed E-state index contributed by atoms with van der Waals surface area (Å²) in [7, 11) is 0. The Labute approximate surface area is 247 Å². The largest absolute Gasteiger partial charge is 0.335 e. The molecule has 4 aromatic carbocycles. The number of amidine groups is 2. The van der Waals surface area contributed by atoms with Crippen LogP contribution in [0.1, 0.15) is 36.1 Å². The second kappa shape index (κ2) is 9.91. The van der Waals surface area contributed by atoms with E-state index in [0.29, 0.717) is 23.3 Å². The fraction of sp³-hybridized carbons (Fsp3) is 0.121. The van der Waals surface area contributed by atoms with E-state index < -0.39 is 5.62 Å². The second-order valence-corrected chi connectivity index (χ2v) is 11.3. The van der Waals surface area contributed by atoms with Crippen molar-refractivity contribution >= 4 is 34.9 Å². The number of alkyl halides is 1. The number of benzene rings is 4. The molecular weight excluding hydrogens is 551 g/mol. The number of nitrogens with one attached hydrogen (secondary N) is 1. The van der Waals surface area contributed by atoms with Crippen molar-refractivity contribution in [2.75, 3.05) is 0 Å². The third kappa shape index (κ3) is 4.59. The highest BCUT2D eigenvalue weighted by molar-refractivity contribution is 6.28.